The number of hydrogen-bond acceptors (Lipinski definition) is 5. The van der Waals surface area contributed by atoms with Crippen LogP contribution in [0.3, 0.4) is 0 Å². The second kappa shape index (κ2) is 4.09. The molecule has 2 bridgehead atoms. The minimum absolute atomic E-state index is 0.0380. The van der Waals surface area contributed by atoms with E-state index in [0.717, 1.165) is 32.7 Å². The highest BCUT2D eigenvalue weighted by atomic mass is 16.1. The Labute approximate surface area is 100 Å². The lowest BCUT2D eigenvalue weighted by Crippen LogP contribution is -2.63. The number of nitrogen functional groups attached to an aromatic ring is 1. The summed E-state index contributed by atoms with van der Waals surface area (Å²) < 4.78 is 0. The molecule has 5 nitrogen and oxygen atoms in total. The molecule has 1 atom stereocenters. The average Bonchev–Trinajstić information content (AvgIpc) is 2.40. The lowest BCUT2D eigenvalue weighted by Gasteiger charge is -2.46. The maximum Gasteiger partial charge on any atom is 0.184 e. The number of pyridine rings is 1. The number of rotatable bonds is 2. The molecule has 2 N–H and O–H groups in total. The van der Waals surface area contributed by atoms with Gasteiger partial charge in [-0.25, -0.2) is 4.98 Å². The molecule has 1 unspecified atom stereocenters. The van der Waals surface area contributed by atoms with Crippen LogP contribution in [0.2, 0.25) is 0 Å². The lowest BCUT2D eigenvalue weighted by molar-refractivity contribution is 0.0159. The summed E-state index contributed by atoms with van der Waals surface area (Å²) in [7, 11) is 0. The molecule has 90 valence electrons. The Morgan fingerprint density at radius 1 is 1.35 bits per heavy atom. The summed E-state index contributed by atoms with van der Waals surface area (Å²) >= 11 is 0. The summed E-state index contributed by atoms with van der Waals surface area (Å²) in [5.74, 6) is 0.454. The molecule has 4 rings (SSSR count). The second-order valence-electron chi connectivity index (χ2n) is 4.65. The minimum atomic E-state index is -0.0380. The summed E-state index contributed by atoms with van der Waals surface area (Å²) in [6, 6.07) is 3.49. The van der Waals surface area contributed by atoms with Crippen LogP contribution >= 0.6 is 0 Å². The first-order chi connectivity index (χ1) is 8.25. The number of nitrogens with zero attached hydrogens (tertiary/aromatic N) is 3. The molecule has 17 heavy (non-hydrogen) atoms. The third-order valence-corrected chi connectivity index (χ3v) is 3.69. The normalized spacial score (nSPS) is 31.4. The molecule has 3 saturated heterocycles. The molecule has 0 aromatic carbocycles. The fourth-order valence-electron chi connectivity index (χ4n) is 2.67. The zero-order chi connectivity index (χ0) is 11.8. The number of aromatic nitrogens is 1. The van der Waals surface area contributed by atoms with E-state index in [2.05, 4.69) is 14.8 Å². The molecule has 4 heterocycles. The molecule has 0 spiro atoms. The van der Waals surface area contributed by atoms with Crippen molar-refractivity contribution in [3.05, 3.63) is 23.9 Å². The number of fused-ring (bicyclic) bond motifs is 3. The Morgan fingerprint density at radius 2 is 2.12 bits per heavy atom. The lowest BCUT2D eigenvalue weighted by atomic mass is 9.98. The van der Waals surface area contributed by atoms with E-state index in [4.69, 9.17) is 5.73 Å². The highest BCUT2D eigenvalue weighted by Gasteiger charge is 2.37. The van der Waals surface area contributed by atoms with Crippen molar-refractivity contribution in [3.63, 3.8) is 0 Å². The van der Waals surface area contributed by atoms with Gasteiger partial charge >= 0.3 is 0 Å². The second-order valence-corrected chi connectivity index (χ2v) is 4.65. The Hall–Kier alpha value is -1.46. The number of nitrogens with two attached hydrogens (primary N) is 1. The molecule has 0 saturated carbocycles. The van der Waals surface area contributed by atoms with Crippen molar-refractivity contribution in [1.82, 2.24) is 14.8 Å². The molecular formula is C12H16N4O. The van der Waals surface area contributed by atoms with Crippen molar-refractivity contribution >= 4 is 11.6 Å². The molecule has 3 aliphatic rings. The van der Waals surface area contributed by atoms with Gasteiger partial charge in [0.05, 0.1) is 11.6 Å². The van der Waals surface area contributed by atoms with E-state index in [1.165, 1.54) is 0 Å². The van der Waals surface area contributed by atoms with Crippen LogP contribution in [0.25, 0.3) is 0 Å². The number of ketones is 1. The van der Waals surface area contributed by atoms with E-state index in [-0.39, 0.29) is 11.8 Å². The smallest absolute Gasteiger partial charge is 0.184 e. The van der Waals surface area contributed by atoms with Gasteiger partial charge in [-0.3, -0.25) is 14.6 Å². The third-order valence-electron chi connectivity index (χ3n) is 3.69. The topological polar surface area (TPSA) is 62.5 Å². The molecule has 0 amide bonds. The summed E-state index contributed by atoms with van der Waals surface area (Å²) in [4.78, 5) is 21.0. The van der Waals surface area contributed by atoms with Crippen molar-refractivity contribution in [1.29, 1.82) is 0 Å². The number of Topliss-reactive ketones (excluding diaryl/α,β-unsaturated/α-hetero) is 1. The molecule has 3 aliphatic heterocycles. The van der Waals surface area contributed by atoms with Gasteiger partial charge in [0.1, 0.15) is 5.82 Å². The van der Waals surface area contributed by atoms with Gasteiger partial charge in [0.2, 0.25) is 0 Å². The number of carbonyl (C=O) groups is 1. The minimum Gasteiger partial charge on any atom is -0.383 e. The van der Waals surface area contributed by atoms with Crippen molar-refractivity contribution in [2.75, 3.05) is 38.5 Å². The van der Waals surface area contributed by atoms with E-state index in [0.29, 0.717) is 11.4 Å². The van der Waals surface area contributed by atoms with Gasteiger partial charge in [-0.1, -0.05) is 0 Å². The summed E-state index contributed by atoms with van der Waals surface area (Å²) in [5.41, 5.74) is 6.32. The molecule has 1 aromatic heterocycles. The predicted molar refractivity (Wildman–Crippen MR) is 64.8 cm³/mol. The molecular weight excluding hydrogens is 216 g/mol. The highest BCUT2D eigenvalue weighted by Crippen LogP contribution is 2.20. The first-order valence-electron chi connectivity index (χ1n) is 5.97. The van der Waals surface area contributed by atoms with E-state index >= 15 is 0 Å². The zero-order valence-corrected chi connectivity index (χ0v) is 9.67. The van der Waals surface area contributed by atoms with E-state index in [1.54, 1.807) is 18.3 Å². The maximum atomic E-state index is 12.4. The van der Waals surface area contributed by atoms with E-state index < -0.39 is 0 Å². The van der Waals surface area contributed by atoms with Crippen LogP contribution in [0.4, 0.5) is 5.82 Å². The Morgan fingerprint density at radius 3 is 2.71 bits per heavy atom. The van der Waals surface area contributed by atoms with Gasteiger partial charge < -0.3 is 5.73 Å². The number of carbonyl (C=O) groups excluding carboxylic acids is 1. The van der Waals surface area contributed by atoms with Crippen LogP contribution in [0.15, 0.2) is 18.3 Å². The standard InChI is InChI=1S/C12H16N4O/c13-12-9(2-1-3-14-12)11(17)10-8-15-4-6-16(10)7-5-15/h1-3,10H,4-8H2,(H2,13,14). The first kappa shape index (κ1) is 10.7. The Bertz CT molecular complexity index is 440. The van der Waals surface area contributed by atoms with Gasteiger partial charge in [0.25, 0.3) is 0 Å². The van der Waals surface area contributed by atoms with Crippen molar-refractivity contribution in [2.24, 2.45) is 0 Å². The third kappa shape index (κ3) is 1.81. The van der Waals surface area contributed by atoms with Gasteiger partial charge in [-0.05, 0) is 12.1 Å². The van der Waals surface area contributed by atoms with Crippen LogP contribution in [-0.2, 0) is 0 Å². The van der Waals surface area contributed by atoms with Crippen LogP contribution in [0, 0.1) is 0 Å². The largest absolute Gasteiger partial charge is 0.383 e. The Balaban J connectivity index is 1.85. The fraction of sp³-hybridized carbons (Fsp3) is 0.500. The molecule has 5 heteroatoms. The van der Waals surface area contributed by atoms with Crippen LogP contribution < -0.4 is 5.73 Å². The van der Waals surface area contributed by atoms with Crippen LogP contribution in [0.5, 0.6) is 0 Å². The fourth-order valence-corrected chi connectivity index (χ4v) is 2.67. The zero-order valence-electron chi connectivity index (χ0n) is 9.67. The average molecular weight is 232 g/mol. The van der Waals surface area contributed by atoms with Gasteiger partial charge in [0.15, 0.2) is 5.78 Å². The van der Waals surface area contributed by atoms with Gasteiger partial charge in [-0.2, -0.15) is 0 Å². The molecule has 0 radical (unpaired) electrons. The van der Waals surface area contributed by atoms with Gasteiger partial charge in [0, 0.05) is 38.9 Å². The van der Waals surface area contributed by atoms with Crippen molar-refractivity contribution < 1.29 is 4.79 Å². The molecule has 1 aromatic rings. The summed E-state index contributed by atoms with van der Waals surface area (Å²) in [6.45, 7) is 4.94. The summed E-state index contributed by atoms with van der Waals surface area (Å²) in [5, 5.41) is 0. The predicted octanol–water partition coefficient (Wildman–Crippen LogP) is -0.154. The molecule has 3 fully saturated rings. The number of hydrogen-bond donors (Lipinski definition) is 1. The SMILES string of the molecule is Nc1ncccc1C(=O)C1CN2CCN1CC2. The number of piperazine rings is 3. The van der Waals surface area contributed by atoms with Crippen molar-refractivity contribution in [3.8, 4) is 0 Å². The maximum absolute atomic E-state index is 12.4. The van der Waals surface area contributed by atoms with E-state index in [9.17, 15) is 4.79 Å². The quantitative estimate of drug-likeness (QED) is 0.718. The Kier molecular flexibility index (Phi) is 2.57. The van der Waals surface area contributed by atoms with Crippen molar-refractivity contribution in [2.45, 2.75) is 6.04 Å². The monoisotopic (exact) mass is 232 g/mol. The number of anilines is 1. The molecule has 0 aliphatic carbocycles. The van der Waals surface area contributed by atoms with E-state index in [1.807, 2.05) is 0 Å². The van der Waals surface area contributed by atoms with Crippen LogP contribution in [0.1, 0.15) is 10.4 Å². The summed E-state index contributed by atoms with van der Waals surface area (Å²) in [6.07, 6.45) is 1.61. The first-order valence-corrected chi connectivity index (χ1v) is 5.97. The van der Waals surface area contributed by atoms with Crippen LogP contribution in [-0.4, -0.2) is 59.3 Å². The van der Waals surface area contributed by atoms with Gasteiger partial charge in [-0.15, -0.1) is 0 Å². The highest BCUT2D eigenvalue weighted by molar-refractivity contribution is 6.03.